The number of aromatic nitrogens is 2. The van der Waals surface area contributed by atoms with Gasteiger partial charge >= 0.3 is 0 Å². The molecule has 1 aromatic rings. The van der Waals surface area contributed by atoms with E-state index in [1.54, 1.807) is 7.11 Å². The molecule has 6 heteroatoms. The first-order valence-corrected chi connectivity index (χ1v) is 6.74. The van der Waals surface area contributed by atoms with Gasteiger partial charge in [-0.2, -0.15) is 5.10 Å². The van der Waals surface area contributed by atoms with Gasteiger partial charge in [-0.1, -0.05) is 6.92 Å². The molecule has 6 nitrogen and oxygen atoms in total. The van der Waals surface area contributed by atoms with E-state index in [-0.39, 0.29) is 0 Å². The van der Waals surface area contributed by atoms with Crippen LogP contribution in [-0.4, -0.2) is 56.5 Å². The van der Waals surface area contributed by atoms with Crippen molar-refractivity contribution >= 4 is 0 Å². The smallest absolute Gasteiger partial charge is 0.0701 e. The van der Waals surface area contributed by atoms with Gasteiger partial charge in [-0.15, -0.1) is 0 Å². The van der Waals surface area contributed by atoms with E-state index in [9.17, 15) is 0 Å². The molecule has 0 spiro atoms. The number of hydrogen-bond donors (Lipinski definition) is 1. The molecule has 0 atom stereocenters. The van der Waals surface area contributed by atoms with E-state index < -0.39 is 0 Å². The summed E-state index contributed by atoms with van der Waals surface area (Å²) in [7, 11) is 1.66. The third-order valence-electron chi connectivity index (χ3n) is 2.61. The summed E-state index contributed by atoms with van der Waals surface area (Å²) in [6.45, 7) is 7.76. The molecule has 1 heterocycles. The molecule has 110 valence electrons. The average molecular weight is 271 g/mol. The highest BCUT2D eigenvalue weighted by Crippen LogP contribution is 1.98. The lowest BCUT2D eigenvalue weighted by molar-refractivity contribution is 0.0224. The van der Waals surface area contributed by atoms with Crippen molar-refractivity contribution in [3.05, 3.63) is 18.0 Å². The lowest BCUT2D eigenvalue weighted by atomic mass is 10.4. The summed E-state index contributed by atoms with van der Waals surface area (Å²) in [5.41, 5.74) is 1.18. The van der Waals surface area contributed by atoms with Crippen LogP contribution in [0.1, 0.15) is 12.6 Å². The zero-order valence-corrected chi connectivity index (χ0v) is 11.9. The monoisotopic (exact) mass is 271 g/mol. The van der Waals surface area contributed by atoms with E-state index in [4.69, 9.17) is 14.2 Å². The first kappa shape index (κ1) is 16.1. The van der Waals surface area contributed by atoms with Crippen LogP contribution in [0.5, 0.6) is 0 Å². The zero-order chi connectivity index (χ0) is 13.8. The highest BCUT2D eigenvalue weighted by Gasteiger charge is 2.01. The number of nitrogens with one attached hydrogen (secondary N) is 1. The van der Waals surface area contributed by atoms with Crippen molar-refractivity contribution in [1.82, 2.24) is 15.1 Å². The van der Waals surface area contributed by atoms with Crippen LogP contribution in [0, 0.1) is 0 Å². The number of rotatable bonds is 12. The quantitative estimate of drug-likeness (QED) is 0.566. The van der Waals surface area contributed by atoms with Crippen molar-refractivity contribution in [1.29, 1.82) is 0 Å². The van der Waals surface area contributed by atoms with Gasteiger partial charge in [-0.25, -0.2) is 0 Å². The summed E-state index contributed by atoms with van der Waals surface area (Å²) >= 11 is 0. The van der Waals surface area contributed by atoms with Crippen LogP contribution in [-0.2, 0) is 27.3 Å². The van der Waals surface area contributed by atoms with Crippen molar-refractivity contribution in [2.45, 2.75) is 20.0 Å². The van der Waals surface area contributed by atoms with E-state index in [0.717, 1.165) is 19.6 Å². The molecule has 1 N–H and O–H groups in total. The minimum atomic E-state index is 0.604. The van der Waals surface area contributed by atoms with Crippen molar-refractivity contribution < 1.29 is 14.2 Å². The topological polar surface area (TPSA) is 57.5 Å². The maximum absolute atomic E-state index is 5.50. The third kappa shape index (κ3) is 7.27. The molecule has 0 aliphatic rings. The van der Waals surface area contributed by atoms with Gasteiger partial charge in [-0.05, 0) is 12.6 Å². The standard InChI is InChI=1S/C13H25N3O3/c1-3-14-12-13-4-5-15-16(13)6-7-18-10-11-19-9-8-17-2/h4-5,14H,3,6-12H2,1-2H3. The summed E-state index contributed by atoms with van der Waals surface area (Å²) in [5, 5.41) is 7.56. The molecule has 19 heavy (non-hydrogen) atoms. The zero-order valence-electron chi connectivity index (χ0n) is 11.9. The largest absolute Gasteiger partial charge is 0.382 e. The normalized spacial score (nSPS) is 11.1. The molecule has 0 radical (unpaired) electrons. The fraction of sp³-hybridized carbons (Fsp3) is 0.769. The summed E-state index contributed by atoms with van der Waals surface area (Å²) in [6.07, 6.45) is 1.82. The van der Waals surface area contributed by atoms with Crippen LogP contribution < -0.4 is 5.32 Å². The van der Waals surface area contributed by atoms with E-state index in [0.29, 0.717) is 33.0 Å². The van der Waals surface area contributed by atoms with Gasteiger partial charge in [0.05, 0.1) is 45.3 Å². The summed E-state index contributed by atoms with van der Waals surface area (Å²) in [5.74, 6) is 0. The molecule has 0 saturated heterocycles. The van der Waals surface area contributed by atoms with Gasteiger partial charge in [0.2, 0.25) is 0 Å². The summed E-state index contributed by atoms with van der Waals surface area (Å²) in [4.78, 5) is 0. The van der Waals surface area contributed by atoms with Crippen LogP contribution in [0.2, 0.25) is 0 Å². The highest BCUT2D eigenvalue weighted by molar-refractivity contribution is 4.99. The molecule has 0 unspecified atom stereocenters. The van der Waals surface area contributed by atoms with Crippen LogP contribution in [0.15, 0.2) is 12.3 Å². The van der Waals surface area contributed by atoms with E-state index in [1.807, 2.05) is 16.9 Å². The SMILES string of the molecule is CCNCc1ccnn1CCOCCOCCOC. The average Bonchev–Trinajstić information content (AvgIpc) is 2.87. The summed E-state index contributed by atoms with van der Waals surface area (Å²) in [6, 6.07) is 2.02. The van der Waals surface area contributed by atoms with Crippen molar-refractivity contribution in [2.24, 2.45) is 0 Å². The Balaban J connectivity index is 2.04. The Hall–Kier alpha value is -0.950. The minimum Gasteiger partial charge on any atom is -0.382 e. The molecule has 0 saturated carbocycles. The van der Waals surface area contributed by atoms with Crippen LogP contribution >= 0.6 is 0 Å². The second-order valence-corrected chi connectivity index (χ2v) is 4.04. The first-order chi connectivity index (χ1) is 9.38. The van der Waals surface area contributed by atoms with Crippen molar-refractivity contribution in [3.8, 4) is 0 Å². The Bertz CT molecular complexity index is 318. The molecule has 0 amide bonds. The lowest BCUT2D eigenvalue weighted by Gasteiger charge is -2.09. The fourth-order valence-electron chi connectivity index (χ4n) is 1.58. The first-order valence-electron chi connectivity index (χ1n) is 6.74. The van der Waals surface area contributed by atoms with Gasteiger partial charge in [0.1, 0.15) is 0 Å². The maximum atomic E-state index is 5.50. The second kappa shape index (κ2) is 10.9. The number of ether oxygens (including phenoxy) is 3. The van der Waals surface area contributed by atoms with E-state index in [2.05, 4.69) is 17.3 Å². The van der Waals surface area contributed by atoms with Gasteiger partial charge < -0.3 is 19.5 Å². The number of hydrogen-bond acceptors (Lipinski definition) is 5. The minimum absolute atomic E-state index is 0.604. The molecule has 0 aliphatic heterocycles. The van der Waals surface area contributed by atoms with Crippen LogP contribution in [0.4, 0.5) is 0 Å². The van der Waals surface area contributed by atoms with Crippen molar-refractivity contribution in [2.75, 3.05) is 46.7 Å². The van der Waals surface area contributed by atoms with Crippen molar-refractivity contribution in [3.63, 3.8) is 0 Å². The molecule has 0 aromatic carbocycles. The van der Waals surface area contributed by atoms with E-state index >= 15 is 0 Å². The Labute approximate surface area is 115 Å². The predicted molar refractivity (Wildman–Crippen MR) is 73.1 cm³/mol. The maximum Gasteiger partial charge on any atom is 0.0701 e. The van der Waals surface area contributed by atoms with Crippen LogP contribution in [0.25, 0.3) is 0 Å². The second-order valence-electron chi connectivity index (χ2n) is 4.04. The Morgan fingerprint density at radius 3 is 2.63 bits per heavy atom. The van der Waals surface area contributed by atoms with Crippen LogP contribution in [0.3, 0.4) is 0 Å². The Kier molecular flexibility index (Phi) is 9.26. The van der Waals surface area contributed by atoms with Gasteiger partial charge in [0.25, 0.3) is 0 Å². The molecule has 0 bridgehead atoms. The summed E-state index contributed by atoms with van der Waals surface area (Å²) < 4.78 is 17.7. The molecular formula is C13H25N3O3. The van der Waals surface area contributed by atoms with Gasteiger partial charge in [-0.3, -0.25) is 4.68 Å². The number of nitrogens with zero attached hydrogens (tertiary/aromatic N) is 2. The Morgan fingerprint density at radius 1 is 1.16 bits per heavy atom. The third-order valence-corrected chi connectivity index (χ3v) is 2.61. The molecule has 1 aromatic heterocycles. The van der Waals surface area contributed by atoms with Gasteiger partial charge in [0, 0.05) is 19.9 Å². The lowest BCUT2D eigenvalue weighted by Crippen LogP contribution is -2.18. The molecular weight excluding hydrogens is 246 g/mol. The fourth-order valence-corrected chi connectivity index (χ4v) is 1.58. The van der Waals surface area contributed by atoms with E-state index in [1.165, 1.54) is 5.69 Å². The predicted octanol–water partition coefficient (Wildman–Crippen LogP) is 0.672. The number of methoxy groups -OCH3 is 1. The van der Waals surface area contributed by atoms with Gasteiger partial charge in [0.15, 0.2) is 0 Å². The molecule has 1 rings (SSSR count). The molecule has 0 fully saturated rings. The Morgan fingerprint density at radius 2 is 1.89 bits per heavy atom. The highest BCUT2D eigenvalue weighted by atomic mass is 16.5. The molecule has 0 aliphatic carbocycles.